The lowest BCUT2D eigenvalue weighted by molar-refractivity contribution is 0.102. The average molecular weight is 467 g/mol. The fraction of sp³-hybridized carbons (Fsp3) is 0.409. The van der Waals surface area contributed by atoms with E-state index in [2.05, 4.69) is 19.2 Å². The van der Waals surface area contributed by atoms with Crippen LogP contribution in [0.4, 0.5) is 11.4 Å². The maximum absolute atomic E-state index is 12.7. The van der Waals surface area contributed by atoms with Crippen LogP contribution in [-0.2, 0) is 19.9 Å². The van der Waals surface area contributed by atoms with E-state index >= 15 is 0 Å². The Labute approximate surface area is 185 Å². The van der Waals surface area contributed by atoms with Gasteiger partial charge in [-0.1, -0.05) is 38.8 Å². The lowest BCUT2D eigenvalue weighted by Gasteiger charge is -2.19. The first-order valence-electron chi connectivity index (χ1n) is 10.1. The smallest absolute Gasteiger partial charge is 0.257 e. The first-order valence-corrected chi connectivity index (χ1v) is 13.6. The molecule has 9 heteroatoms. The summed E-state index contributed by atoms with van der Waals surface area (Å²) in [5.74, 6) is 0.153. The molecule has 0 aliphatic heterocycles. The van der Waals surface area contributed by atoms with Gasteiger partial charge in [-0.05, 0) is 48.7 Å². The number of hydrogen-bond donors (Lipinski definition) is 1. The summed E-state index contributed by atoms with van der Waals surface area (Å²) in [5.41, 5.74) is 0.862. The number of sulfone groups is 1. The van der Waals surface area contributed by atoms with Gasteiger partial charge in [0.05, 0.1) is 28.2 Å². The molecular formula is C22H30N2O5S2. The molecule has 170 valence electrons. The number of anilines is 2. The second-order valence-corrected chi connectivity index (χ2v) is 12.1. The van der Waals surface area contributed by atoms with E-state index in [0.717, 1.165) is 23.4 Å². The molecule has 1 N–H and O–H groups in total. The van der Waals surface area contributed by atoms with Gasteiger partial charge in [-0.2, -0.15) is 0 Å². The minimum Gasteiger partial charge on any atom is -0.322 e. The van der Waals surface area contributed by atoms with Gasteiger partial charge < -0.3 is 5.32 Å². The molecule has 2 aromatic rings. The van der Waals surface area contributed by atoms with Gasteiger partial charge in [0, 0.05) is 12.7 Å². The number of carbonyl (C=O) groups excluding carboxylic acids is 1. The molecule has 0 aliphatic carbocycles. The summed E-state index contributed by atoms with van der Waals surface area (Å²) in [6.07, 6.45) is 3.54. The highest BCUT2D eigenvalue weighted by Crippen LogP contribution is 2.23. The molecule has 1 amide bonds. The van der Waals surface area contributed by atoms with Gasteiger partial charge >= 0.3 is 0 Å². The summed E-state index contributed by atoms with van der Waals surface area (Å²) >= 11 is 0. The second kappa shape index (κ2) is 10.3. The predicted molar refractivity (Wildman–Crippen MR) is 125 cm³/mol. The predicted octanol–water partition coefficient (Wildman–Crippen LogP) is 3.93. The summed E-state index contributed by atoms with van der Waals surface area (Å²) in [4.78, 5) is 12.9. The third-order valence-electron chi connectivity index (χ3n) is 4.90. The zero-order chi connectivity index (χ0) is 23.2. The SMILES string of the molecule is CC(C)CCCCS(=O)(=O)c1ccc(NC(=O)c2ccccc2N(C)S(C)(=O)=O)cc1. The first-order chi connectivity index (χ1) is 14.4. The molecule has 0 fully saturated rings. The minimum atomic E-state index is -3.53. The Morgan fingerprint density at radius 2 is 1.58 bits per heavy atom. The highest BCUT2D eigenvalue weighted by molar-refractivity contribution is 7.92. The van der Waals surface area contributed by atoms with Crippen LogP contribution in [0.3, 0.4) is 0 Å². The first kappa shape index (κ1) is 24.9. The summed E-state index contributed by atoms with van der Waals surface area (Å²) in [6, 6.07) is 12.4. The number of amides is 1. The fourth-order valence-electron chi connectivity index (χ4n) is 3.03. The molecule has 31 heavy (non-hydrogen) atoms. The van der Waals surface area contributed by atoms with Crippen molar-refractivity contribution in [2.24, 2.45) is 5.92 Å². The monoisotopic (exact) mass is 466 g/mol. The Morgan fingerprint density at radius 1 is 0.968 bits per heavy atom. The van der Waals surface area contributed by atoms with Crippen molar-refractivity contribution in [3.63, 3.8) is 0 Å². The van der Waals surface area contributed by atoms with E-state index in [4.69, 9.17) is 0 Å². The third kappa shape index (κ3) is 7.07. The van der Waals surface area contributed by atoms with Crippen LogP contribution in [0.1, 0.15) is 43.5 Å². The Kier molecular flexibility index (Phi) is 8.25. The molecule has 0 aromatic heterocycles. The van der Waals surface area contributed by atoms with Crippen molar-refractivity contribution >= 4 is 37.1 Å². The summed E-state index contributed by atoms with van der Waals surface area (Å²) in [5, 5.41) is 2.69. The van der Waals surface area contributed by atoms with E-state index in [9.17, 15) is 21.6 Å². The number of carbonyl (C=O) groups is 1. The topological polar surface area (TPSA) is 101 Å². The van der Waals surface area contributed by atoms with Crippen molar-refractivity contribution in [1.82, 2.24) is 0 Å². The van der Waals surface area contributed by atoms with Crippen molar-refractivity contribution in [1.29, 1.82) is 0 Å². The van der Waals surface area contributed by atoms with Crippen LogP contribution in [0.25, 0.3) is 0 Å². The molecule has 0 radical (unpaired) electrons. The number of para-hydroxylation sites is 1. The maximum Gasteiger partial charge on any atom is 0.257 e. The van der Waals surface area contributed by atoms with Gasteiger partial charge in [-0.3, -0.25) is 9.10 Å². The number of benzene rings is 2. The van der Waals surface area contributed by atoms with Crippen molar-refractivity contribution in [3.8, 4) is 0 Å². The Balaban J connectivity index is 2.11. The largest absolute Gasteiger partial charge is 0.322 e. The van der Waals surface area contributed by atoms with Gasteiger partial charge in [-0.15, -0.1) is 0 Å². The maximum atomic E-state index is 12.7. The molecule has 0 bridgehead atoms. The average Bonchev–Trinajstić information content (AvgIpc) is 2.70. The quantitative estimate of drug-likeness (QED) is 0.535. The van der Waals surface area contributed by atoms with E-state index in [1.165, 1.54) is 37.4 Å². The molecule has 2 rings (SSSR count). The molecule has 0 unspecified atom stereocenters. The molecule has 0 aliphatic rings. The van der Waals surface area contributed by atoms with Crippen LogP contribution in [0, 0.1) is 5.92 Å². The molecule has 0 atom stereocenters. The normalized spacial score (nSPS) is 12.0. The molecule has 0 spiro atoms. The number of nitrogens with zero attached hydrogens (tertiary/aromatic N) is 1. The zero-order valence-corrected chi connectivity index (χ0v) is 20.0. The Morgan fingerprint density at radius 3 is 2.16 bits per heavy atom. The van der Waals surface area contributed by atoms with Gasteiger partial charge in [-0.25, -0.2) is 16.8 Å². The second-order valence-electron chi connectivity index (χ2n) is 7.93. The third-order valence-corrected chi connectivity index (χ3v) is 7.91. The van der Waals surface area contributed by atoms with E-state index in [0.29, 0.717) is 18.0 Å². The Bertz CT molecular complexity index is 1110. The lowest BCUT2D eigenvalue weighted by Crippen LogP contribution is -2.27. The standard InChI is InChI=1S/C22H30N2O5S2/c1-17(2)9-7-8-16-31(28,29)19-14-12-18(13-15-19)23-22(25)20-10-5-6-11-21(20)24(3)30(4,26)27/h5-6,10-15,17H,7-9,16H2,1-4H3,(H,23,25). The van der Waals surface area contributed by atoms with E-state index in [1.807, 2.05) is 0 Å². The van der Waals surface area contributed by atoms with Crippen LogP contribution in [0.2, 0.25) is 0 Å². The molecule has 0 saturated carbocycles. The Hall–Kier alpha value is -2.39. The van der Waals surface area contributed by atoms with Crippen molar-refractivity contribution in [2.45, 2.75) is 38.0 Å². The van der Waals surface area contributed by atoms with Crippen LogP contribution in [0.5, 0.6) is 0 Å². The molecule has 0 saturated heterocycles. The van der Waals surface area contributed by atoms with Gasteiger partial charge in [0.2, 0.25) is 10.0 Å². The molecule has 7 nitrogen and oxygen atoms in total. The summed E-state index contributed by atoms with van der Waals surface area (Å²) < 4.78 is 49.8. The van der Waals surface area contributed by atoms with Gasteiger partial charge in [0.25, 0.3) is 5.91 Å². The van der Waals surface area contributed by atoms with Gasteiger partial charge in [0.1, 0.15) is 0 Å². The number of hydrogen-bond acceptors (Lipinski definition) is 5. The highest BCUT2D eigenvalue weighted by Gasteiger charge is 2.20. The van der Waals surface area contributed by atoms with Crippen LogP contribution in [0.15, 0.2) is 53.4 Å². The van der Waals surface area contributed by atoms with Crippen LogP contribution in [-0.4, -0.2) is 41.8 Å². The molecule has 0 heterocycles. The zero-order valence-electron chi connectivity index (χ0n) is 18.3. The highest BCUT2D eigenvalue weighted by atomic mass is 32.2. The molecular weight excluding hydrogens is 436 g/mol. The number of rotatable bonds is 10. The van der Waals surface area contributed by atoms with Crippen LogP contribution < -0.4 is 9.62 Å². The van der Waals surface area contributed by atoms with Gasteiger partial charge in [0.15, 0.2) is 9.84 Å². The van der Waals surface area contributed by atoms with Crippen LogP contribution >= 0.6 is 0 Å². The van der Waals surface area contributed by atoms with E-state index in [1.54, 1.807) is 18.2 Å². The van der Waals surface area contributed by atoms with E-state index in [-0.39, 0.29) is 21.9 Å². The summed E-state index contributed by atoms with van der Waals surface area (Å²) in [7, 11) is -5.53. The minimum absolute atomic E-state index is 0.0939. The summed E-state index contributed by atoms with van der Waals surface area (Å²) in [6.45, 7) is 4.22. The number of unbranched alkanes of at least 4 members (excludes halogenated alkanes) is 1. The van der Waals surface area contributed by atoms with E-state index < -0.39 is 25.8 Å². The number of sulfonamides is 1. The number of nitrogens with one attached hydrogen (secondary N) is 1. The lowest BCUT2D eigenvalue weighted by atomic mass is 10.1. The van der Waals surface area contributed by atoms with Crippen molar-refractivity contribution in [2.75, 3.05) is 28.7 Å². The molecule has 2 aromatic carbocycles. The van der Waals surface area contributed by atoms with Crippen molar-refractivity contribution in [3.05, 3.63) is 54.1 Å². The van der Waals surface area contributed by atoms with Crippen molar-refractivity contribution < 1.29 is 21.6 Å². The fourth-order valence-corrected chi connectivity index (χ4v) is 4.91.